The van der Waals surface area contributed by atoms with E-state index >= 15 is 0 Å². The second-order valence-electron chi connectivity index (χ2n) is 3.06. The molecule has 0 aromatic heterocycles. The van der Waals surface area contributed by atoms with Crippen molar-refractivity contribution in [3.8, 4) is 0 Å². The lowest BCUT2D eigenvalue weighted by Crippen LogP contribution is -1.90. The number of aldehydes is 1. The summed E-state index contributed by atoms with van der Waals surface area (Å²) in [6.07, 6.45) is 3.11. The van der Waals surface area contributed by atoms with Crippen LogP contribution in [0.5, 0.6) is 0 Å². The number of carbonyl (C=O) groups is 1. The van der Waals surface area contributed by atoms with E-state index in [1.54, 1.807) is 0 Å². The van der Waals surface area contributed by atoms with Gasteiger partial charge < -0.3 is 0 Å². The van der Waals surface area contributed by atoms with Crippen LogP contribution >= 0.6 is 0 Å². The zero-order valence-corrected chi connectivity index (χ0v) is 7.63. The average Bonchev–Trinajstić information content (AvgIpc) is 2.09. The number of aryl methyl sites for hydroxylation is 2. The van der Waals surface area contributed by atoms with Gasteiger partial charge in [-0.25, -0.2) is 0 Å². The highest BCUT2D eigenvalue weighted by molar-refractivity contribution is 5.77. The molecule has 0 saturated carbocycles. The molecule has 0 bridgehead atoms. The van der Waals surface area contributed by atoms with Crippen molar-refractivity contribution in [1.82, 2.24) is 0 Å². The molecule has 1 nitrogen and oxygen atoms in total. The fourth-order valence-electron chi connectivity index (χ4n) is 1.26. The standard InChI is InChI=1S/C11H14O/c1-3-4-10-6-5-9(2)11(7-10)8-12/h5-8H,3-4H2,1-2H3. The Hall–Kier alpha value is -1.11. The largest absolute Gasteiger partial charge is 0.298 e. The molecule has 0 saturated heterocycles. The van der Waals surface area contributed by atoms with Crippen LogP contribution < -0.4 is 0 Å². The molecule has 0 spiro atoms. The average molecular weight is 162 g/mol. The van der Waals surface area contributed by atoms with Gasteiger partial charge in [-0.1, -0.05) is 25.5 Å². The number of rotatable bonds is 3. The summed E-state index contributed by atoms with van der Waals surface area (Å²) in [5, 5.41) is 0. The lowest BCUT2D eigenvalue weighted by molar-refractivity contribution is 0.112. The predicted octanol–water partition coefficient (Wildman–Crippen LogP) is 2.76. The first-order valence-electron chi connectivity index (χ1n) is 4.32. The smallest absolute Gasteiger partial charge is 0.150 e. The summed E-state index contributed by atoms with van der Waals surface area (Å²) in [7, 11) is 0. The highest BCUT2D eigenvalue weighted by atomic mass is 16.1. The highest BCUT2D eigenvalue weighted by Gasteiger charge is 1.97. The third-order valence-electron chi connectivity index (χ3n) is 2.01. The SMILES string of the molecule is CCCc1ccc(C)c(C=O)c1. The Morgan fingerprint density at radius 3 is 2.75 bits per heavy atom. The van der Waals surface area contributed by atoms with E-state index in [0.29, 0.717) is 0 Å². The molecule has 0 atom stereocenters. The Bertz CT molecular complexity index is 276. The third kappa shape index (κ3) is 1.94. The summed E-state index contributed by atoms with van der Waals surface area (Å²) in [4.78, 5) is 10.6. The normalized spacial score (nSPS) is 9.83. The van der Waals surface area contributed by atoms with Gasteiger partial charge in [0.15, 0.2) is 0 Å². The molecule has 1 rings (SSSR count). The molecule has 0 radical (unpaired) electrons. The zero-order valence-electron chi connectivity index (χ0n) is 7.63. The molecule has 0 aliphatic heterocycles. The number of carbonyl (C=O) groups excluding carboxylic acids is 1. The Labute approximate surface area is 73.4 Å². The second kappa shape index (κ2) is 4.05. The Morgan fingerprint density at radius 1 is 1.42 bits per heavy atom. The summed E-state index contributed by atoms with van der Waals surface area (Å²) in [6, 6.07) is 6.08. The summed E-state index contributed by atoms with van der Waals surface area (Å²) >= 11 is 0. The molecule has 0 fully saturated rings. The minimum absolute atomic E-state index is 0.820. The number of hydrogen-bond donors (Lipinski definition) is 0. The van der Waals surface area contributed by atoms with Crippen LogP contribution in [0.4, 0.5) is 0 Å². The first-order valence-corrected chi connectivity index (χ1v) is 4.32. The van der Waals surface area contributed by atoms with Gasteiger partial charge in [0.05, 0.1) is 0 Å². The first-order chi connectivity index (χ1) is 5.77. The van der Waals surface area contributed by atoms with Gasteiger partial charge in [-0.2, -0.15) is 0 Å². The van der Waals surface area contributed by atoms with Gasteiger partial charge >= 0.3 is 0 Å². The number of benzene rings is 1. The van der Waals surface area contributed by atoms with Crippen molar-refractivity contribution in [2.45, 2.75) is 26.7 Å². The van der Waals surface area contributed by atoms with Crippen molar-refractivity contribution < 1.29 is 4.79 Å². The minimum atomic E-state index is 0.820. The molecule has 64 valence electrons. The van der Waals surface area contributed by atoms with Crippen LogP contribution in [0.3, 0.4) is 0 Å². The van der Waals surface area contributed by atoms with Crippen LogP contribution in [-0.2, 0) is 6.42 Å². The van der Waals surface area contributed by atoms with Gasteiger partial charge in [0.25, 0.3) is 0 Å². The first kappa shape index (κ1) is 8.98. The van der Waals surface area contributed by atoms with Crippen LogP contribution in [0.2, 0.25) is 0 Å². The predicted molar refractivity (Wildman–Crippen MR) is 50.6 cm³/mol. The maximum atomic E-state index is 10.6. The van der Waals surface area contributed by atoms with E-state index in [0.717, 1.165) is 30.3 Å². The van der Waals surface area contributed by atoms with Gasteiger partial charge in [-0.3, -0.25) is 4.79 Å². The maximum absolute atomic E-state index is 10.6. The van der Waals surface area contributed by atoms with Gasteiger partial charge in [0.2, 0.25) is 0 Å². The van der Waals surface area contributed by atoms with Crippen LogP contribution in [0.1, 0.15) is 34.8 Å². The number of hydrogen-bond acceptors (Lipinski definition) is 1. The van der Waals surface area contributed by atoms with Crippen LogP contribution in [0.15, 0.2) is 18.2 Å². The highest BCUT2D eigenvalue weighted by Crippen LogP contribution is 2.10. The lowest BCUT2D eigenvalue weighted by atomic mass is 10.0. The van der Waals surface area contributed by atoms with E-state index in [4.69, 9.17) is 0 Å². The van der Waals surface area contributed by atoms with Crippen molar-refractivity contribution in [2.75, 3.05) is 0 Å². The molecule has 0 N–H and O–H groups in total. The Morgan fingerprint density at radius 2 is 2.17 bits per heavy atom. The van der Waals surface area contributed by atoms with E-state index in [1.807, 2.05) is 19.1 Å². The van der Waals surface area contributed by atoms with Crippen molar-refractivity contribution >= 4 is 6.29 Å². The fourth-order valence-corrected chi connectivity index (χ4v) is 1.26. The van der Waals surface area contributed by atoms with Gasteiger partial charge in [0.1, 0.15) is 6.29 Å². The summed E-state index contributed by atoms with van der Waals surface area (Å²) in [6.45, 7) is 4.10. The summed E-state index contributed by atoms with van der Waals surface area (Å²) in [5.74, 6) is 0. The van der Waals surface area contributed by atoms with E-state index in [9.17, 15) is 4.79 Å². The molecule has 0 aliphatic rings. The monoisotopic (exact) mass is 162 g/mol. The second-order valence-corrected chi connectivity index (χ2v) is 3.06. The fraction of sp³-hybridized carbons (Fsp3) is 0.364. The van der Waals surface area contributed by atoms with Gasteiger partial charge in [-0.05, 0) is 30.5 Å². The molecule has 0 heterocycles. The van der Waals surface area contributed by atoms with E-state index < -0.39 is 0 Å². The van der Waals surface area contributed by atoms with E-state index in [1.165, 1.54) is 5.56 Å². The van der Waals surface area contributed by atoms with Crippen molar-refractivity contribution in [3.05, 3.63) is 34.9 Å². The van der Waals surface area contributed by atoms with Crippen LogP contribution in [-0.4, -0.2) is 6.29 Å². The summed E-state index contributed by atoms with van der Waals surface area (Å²) in [5.41, 5.74) is 3.14. The van der Waals surface area contributed by atoms with Crippen LogP contribution in [0, 0.1) is 6.92 Å². The molecule has 0 amide bonds. The van der Waals surface area contributed by atoms with Crippen LogP contribution in [0.25, 0.3) is 0 Å². The Balaban J connectivity index is 2.96. The third-order valence-corrected chi connectivity index (χ3v) is 2.01. The van der Waals surface area contributed by atoms with Crippen molar-refractivity contribution in [1.29, 1.82) is 0 Å². The zero-order chi connectivity index (χ0) is 8.97. The lowest BCUT2D eigenvalue weighted by Gasteiger charge is -2.01. The molecule has 12 heavy (non-hydrogen) atoms. The molecule has 1 aromatic rings. The quantitative estimate of drug-likeness (QED) is 0.624. The van der Waals surface area contributed by atoms with E-state index in [-0.39, 0.29) is 0 Å². The van der Waals surface area contributed by atoms with E-state index in [2.05, 4.69) is 13.0 Å². The molecule has 0 unspecified atom stereocenters. The Kier molecular flexibility index (Phi) is 3.03. The molecular formula is C11H14O. The molecule has 1 heteroatoms. The molecule has 0 aliphatic carbocycles. The minimum Gasteiger partial charge on any atom is -0.298 e. The van der Waals surface area contributed by atoms with Gasteiger partial charge in [0, 0.05) is 5.56 Å². The maximum Gasteiger partial charge on any atom is 0.150 e. The molecule has 1 aromatic carbocycles. The summed E-state index contributed by atoms with van der Waals surface area (Å²) < 4.78 is 0. The molecular weight excluding hydrogens is 148 g/mol. The topological polar surface area (TPSA) is 17.1 Å². The van der Waals surface area contributed by atoms with Gasteiger partial charge in [-0.15, -0.1) is 0 Å². The van der Waals surface area contributed by atoms with Crippen molar-refractivity contribution in [2.24, 2.45) is 0 Å². The van der Waals surface area contributed by atoms with Crippen molar-refractivity contribution in [3.63, 3.8) is 0 Å².